The third-order valence-electron chi connectivity index (χ3n) is 3.43. The van der Waals surface area contributed by atoms with Gasteiger partial charge in [-0.2, -0.15) is 0 Å². The number of amides is 2. The second kappa shape index (κ2) is 6.50. The first-order valence-corrected chi connectivity index (χ1v) is 7.37. The highest BCUT2D eigenvalue weighted by Gasteiger charge is 2.11. The molecule has 0 saturated heterocycles. The van der Waals surface area contributed by atoms with Crippen molar-refractivity contribution >= 4 is 34.2 Å². The lowest BCUT2D eigenvalue weighted by molar-refractivity contribution is 0.0847. The molecule has 3 rings (SSSR count). The van der Waals surface area contributed by atoms with Crippen LogP contribution in [-0.4, -0.2) is 11.8 Å². The SMILES string of the molecule is O=C(NNC(=O)c1cccc2ccccc12)c1ccc(Cl)cc1. The van der Waals surface area contributed by atoms with E-state index in [2.05, 4.69) is 10.9 Å². The molecule has 4 nitrogen and oxygen atoms in total. The molecule has 0 atom stereocenters. The average molecular weight is 325 g/mol. The Labute approximate surface area is 138 Å². The van der Waals surface area contributed by atoms with Gasteiger partial charge in [-0.05, 0) is 41.1 Å². The third kappa shape index (κ3) is 3.33. The van der Waals surface area contributed by atoms with E-state index >= 15 is 0 Å². The zero-order chi connectivity index (χ0) is 16.2. The van der Waals surface area contributed by atoms with Crippen molar-refractivity contribution in [2.75, 3.05) is 0 Å². The Morgan fingerprint density at radius 2 is 1.39 bits per heavy atom. The molecule has 0 aliphatic carbocycles. The van der Waals surface area contributed by atoms with Crippen LogP contribution in [0, 0.1) is 0 Å². The van der Waals surface area contributed by atoms with Crippen LogP contribution in [0.1, 0.15) is 20.7 Å². The molecular formula is C18H13ClN2O2. The first-order chi connectivity index (χ1) is 11.1. The maximum absolute atomic E-state index is 12.3. The number of halogens is 1. The maximum atomic E-state index is 12.3. The van der Waals surface area contributed by atoms with Crippen molar-refractivity contribution in [3.63, 3.8) is 0 Å². The lowest BCUT2D eigenvalue weighted by Gasteiger charge is -2.09. The molecule has 0 unspecified atom stereocenters. The quantitative estimate of drug-likeness (QED) is 0.708. The molecule has 3 aromatic rings. The zero-order valence-electron chi connectivity index (χ0n) is 12.0. The molecule has 0 saturated carbocycles. The molecule has 0 aliphatic rings. The average Bonchev–Trinajstić information content (AvgIpc) is 2.59. The summed E-state index contributed by atoms with van der Waals surface area (Å²) in [6.45, 7) is 0. The molecule has 0 aromatic heterocycles. The molecule has 0 spiro atoms. The minimum Gasteiger partial charge on any atom is -0.267 e. The summed E-state index contributed by atoms with van der Waals surface area (Å²) in [5.74, 6) is -0.778. The van der Waals surface area contributed by atoms with E-state index in [1.807, 2.05) is 30.3 Å². The molecule has 114 valence electrons. The largest absolute Gasteiger partial charge is 0.270 e. The van der Waals surface area contributed by atoms with Crippen molar-refractivity contribution < 1.29 is 9.59 Å². The van der Waals surface area contributed by atoms with Crippen LogP contribution in [0.15, 0.2) is 66.7 Å². The van der Waals surface area contributed by atoms with Crippen molar-refractivity contribution in [2.24, 2.45) is 0 Å². The number of rotatable bonds is 2. The lowest BCUT2D eigenvalue weighted by Crippen LogP contribution is -2.41. The van der Waals surface area contributed by atoms with Gasteiger partial charge in [0.1, 0.15) is 0 Å². The standard InChI is InChI=1S/C18H13ClN2O2/c19-14-10-8-13(9-11-14)17(22)20-21-18(23)16-7-3-5-12-4-1-2-6-15(12)16/h1-11H,(H,20,22)(H,21,23). The second-order valence-corrected chi connectivity index (χ2v) is 5.38. The molecule has 3 aromatic carbocycles. The molecule has 2 amide bonds. The Kier molecular flexibility index (Phi) is 4.26. The fourth-order valence-electron chi connectivity index (χ4n) is 2.28. The smallest absolute Gasteiger partial charge is 0.267 e. The van der Waals surface area contributed by atoms with Crippen LogP contribution in [0.5, 0.6) is 0 Å². The number of hydrazine groups is 1. The van der Waals surface area contributed by atoms with Crippen LogP contribution in [0.25, 0.3) is 10.8 Å². The van der Waals surface area contributed by atoms with E-state index < -0.39 is 5.91 Å². The molecule has 0 aliphatic heterocycles. The van der Waals surface area contributed by atoms with E-state index in [0.29, 0.717) is 16.1 Å². The van der Waals surface area contributed by atoms with Gasteiger partial charge < -0.3 is 0 Å². The van der Waals surface area contributed by atoms with Crippen molar-refractivity contribution in [1.82, 2.24) is 10.9 Å². The van der Waals surface area contributed by atoms with Crippen LogP contribution in [-0.2, 0) is 0 Å². The van der Waals surface area contributed by atoms with Crippen molar-refractivity contribution in [2.45, 2.75) is 0 Å². The summed E-state index contributed by atoms with van der Waals surface area (Å²) in [6.07, 6.45) is 0. The highest BCUT2D eigenvalue weighted by Crippen LogP contribution is 2.18. The molecule has 0 fully saturated rings. The Bertz CT molecular complexity index is 870. The topological polar surface area (TPSA) is 58.2 Å². The summed E-state index contributed by atoms with van der Waals surface area (Å²) in [5, 5.41) is 2.33. The highest BCUT2D eigenvalue weighted by atomic mass is 35.5. The summed E-state index contributed by atoms with van der Waals surface area (Å²) in [5.41, 5.74) is 5.74. The predicted octanol–water partition coefficient (Wildman–Crippen LogP) is 3.57. The van der Waals surface area contributed by atoms with Gasteiger partial charge in [0.05, 0.1) is 0 Å². The number of fused-ring (bicyclic) bond motifs is 1. The first kappa shape index (κ1) is 15.1. The number of carbonyl (C=O) groups excluding carboxylic acids is 2. The van der Waals surface area contributed by atoms with Crippen molar-refractivity contribution in [1.29, 1.82) is 0 Å². The van der Waals surface area contributed by atoms with Crippen LogP contribution in [0.2, 0.25) is 5.02 Å². The van der Waals surface area contributed by atoms with E-state index in [0.717, 1.165) is 10.8 Å². The van der Waals surface area contributed by atoms with Gasteiger partial charge in [-0.1, -0.05) is 48.0 Å². The van der Waals surface area contributed by atoms with Gasteiger partial charge in [-0.25, -0.2) is 0 Å². The summed E-state index contributed by atoms with van der Waals surface area (Å²) in [7, 11) is 0. The number of nitrogens with one attached hydrogen (secondary N) is 2. The summed E-state index contributed by atoms with van der Waals surface area (Å²) in [6, 6.07) is 19.4. The van der Waals surface area contributed by atoms with E-state index in [1.54, 1.807) is 36.4 Å². The fourth-order valence-corrected chi connectivity index (χ4v) is 2.40. The zero-order valence-corrected chi connectivity index (χ0v) is 12.8. The van der Waals surface area contributed by atoms with Crippen LogP contribution in [0.4, 0.5) is 0 Å². The number of hydrogen-bond acceptors (Lipinski definition) is 2. The van der Waals surface area contributed by atoms with Crippen LogP contribution < -0.4 is 10.9 Å². The molecule has 0 bridgehead atoms. The summed E-state index contributed by atoms with van der Waals surface area (Å²) in [4.78, 5) is 24.3. The Morgan fingerprint density at radius 3 is 2.17 bits per heavy atom. The van der Waals surface area contributed by atoms with Crippen LogP contribution >= 0.6 is 11.6 Å². The van der Waals surface area contributed by atoms with Gasteiger partial charge >= 0.3 is 0 Å². The number of benzene rings is 3. The van der Waals surface area contributed by atoms with Crippen molar-refractivity contribution in [3.8, 4) is 0 Å². The van der Waals surface area contributed by atoms with Gasteiger partial charge in [-0.3, -0.25) is 20.4 Å². The maximum Gasteiger partial charge on any atom is 0.270 e. The minimum atomic E-state index is -0.407. The highest BCUT2D eigenvalue weighted by molar-refractivity contribution is 6.30. The first-order valence-electron chi connectivity index (χ1n) is 6.99. The van der Waals surface area contributed by atoms with Gasteiger partial charge in [-0.15, -0.1) is 0 Å². The molecular weight excluding hydrogens is 312 g/mol. The number of carbonyl (C=O) groups is 2. The van der Waals surface area contributed by atoms with E-state index in [1.165, 1.54) is 0 Å². The van der Waals surface area contributed by atoms with E-state index in [9.17, 15) is 9.59 Å². The fraction of sp³-hybridized carbons (Fsp3) is 0. The van der Waals surface area contributed by atoms with E-state index in [-0.39, 0.29) is 5.91 Å². The van der Waals surface area contributed by atoms with Gasteiger partial charge in [0.2, 0.25) is 0 Å². The summed E-state index contributed by atoms with van der Waals surface area (Å²) >= 11 is 5.78. The van der Waals surface area contributed by atoms with Crippen LogP contribution in [0.3, 0.4) is 0 Å². The Morgan fingerprint density at radius 1 is 0.739 bits per heavy atom. The van der Waals surface area contributed by atoms with Gasteiger partial charge in [0.25, 0.3) is 11.8 Å². The minimum absolute atomic E-state index is 0.371. The lowest BCUT2D eigenvalue weighted by atomic mass is 10.0. The molecule has 0 heterocycles. The molecule has 2 N–H and O–H groups in total. The summed E-state index contributed by atoms with van der Waals surface area (Å²) < 4.78 is 0. The molecule has 0 radical (unpaired) electrons. The number of hydrogen-bond donors (Lipinski definition) is 2. The Balaban J connectivity index is 1.74. The second-order valence-electron chi connectivity index (χ2n) is 4.94. The van der Waals surface area contributed by atoms with Crippen molar-refractivity contribution in [3.05, 3.63) is 82.9 Å². The third-order valence-corrected chi connectivity index (χ3v) is 3.68. The molecule has 5 heteroatoms. The normalized spacial score (nSPS) is 10.3. The monoisotopic (exact) mass is 324 g/mol. The Hall–Kier alpha value is -2.85. The molecule has 23 heavy (non-hydrogen) atoms. The predicted molar refractivity (Wildman–Crippen MR) is 90.3 cm³/mol. The van der Waals surface area contributed by atoms with Gasteiger partial charge in [0.15, 0.2) is 0 Å². The van der Waals surface area contributed by atoms with Gasteiger partial charge in [0, 0.05) is 16.1 Å². The van der Waals surface area contributed by atoms with E-state index in [4.69, 9.17) is 11.6 Å².